The highest BCUT2D eigenvalue weighted by Crippen LogP contribution is 2.33. The van der Waals surface area contributed by atoms with Gasteiger partial charge in [0.25, 0.3) is 0 Å². The van der Waals surface area contributed by atoms with Crippen LogP contribution >= 0.6 is 0 Å². The number of carbonyl (C=O) groups excluding carboxylic acids is 1. The van der Waals surface area contributed by atoms with Gasteiger partial charge in [-0.2, -0.15) is 0 Å². The van der Waals surface area contributed by atoms with Crippen molar-refractivity contribution < 1.29 is 13.9 Å². The van der Waals surface area contributed by atoms with Crippen molar-refractivity contribution in [2.24, 2.45) is 0 Å². The van der Waals surface area contributed by atoms with Crippen molar-refractivity contribution in [1.29, 1.82) is 0 Å². The first kappa shape index (κ1) is 22.4. The van der Waals surface area contributed by atoms with Crippen LogP contribution in [-0.2, 0) is 17.8 Å². The molecule has 0 N–H and O–H groups in total. The normalized spacial score (nSPS) is 20.1. The summed E-state index contributed by atoms with van der Waals surface area (Å²) in [6.07, 6.45) is 6.27. The molecular formula is C27H34FN3O2. The molecule has 3 aliphatic rings. The fourth-order valence-corrected chi connectivity index (χ4v) is 5.72. The molecule has 0 bridgehead atoms. The van der Waals surface area contributed by atoms with Crippen LogP contribution in [0, 0.1) is 5.82 Å². The third-order valence-electron chi connectivity index (χ3n) is 7.64. The summed E-state index contributed by atoms with van der Waals surface area (Å²) >= 11 is 0. The molecule has 1 saturated heterocycles. The number of nitrogens with zero attached hydrogens (tertiary/aromatic N) is 3. The van der Waals surface area contributed by atoms with Crippen molar-refractivity contribution in [1.82, 2.24) is 14.7 Å². The molecule has 1 saturated carbocycles. The van der Waals surface area contributed by atoms with Gasteiger partial charge in [-0.15, -0.1) is 0 Å². The van der Waals surface area contributed by atoms with E-state index in [1.807, 2.05) is 6.07 Å². The number of hydrogen-bond donors (Lipinski definition) is 0. The van der Waals surface area contributed by atoms with Crippen LogP contribution in [0.15, 0.2) is 36.4 Å². The maximum atomic E-state index is 13.8. The molecule has 5 nitrogen and oxygen atoms in total. The summed E-state index contributed by atoms with van der Waals surface area (Å²) < 4.78 is 19.3. The fraction of sp³-hybridized carbons (Fsp3) is 0.519. The summed E-state index contributed by atoms with van der Waals surface area (Å²) in [5.41, 5.74) is 4.26. The molecule has 0 atom stereocenters. The minimum Gasteiger partial charge on any atom is -0.496 e. The SMILES string of the molecule is COc1ccc(F)cc1-c1ccc2c(c1)CCN(CC(=O)N1CCN(C3CCCC3)CC1)C2. The number of carbonyl (C=O) groups is 1. The van der Waals surface area contributed by atoms with Crippen LogP contribution < -0.4 is 4.74 Å². The van der Waals surface area contributed by atoms with Crippen LogP contribution in [0.2, 0.25) is 0 Å². The average Bonchev–Trinajstić information content (AvgIpc) is 3.39. The lowest BCUT2D eigenvalue weighted by Gasteiger charge is -2.39. The standard InChI is InChI=1S/C27H34FN3O2/c1-33-26-9-8-23(28)17-25(26)21-6-7-22-18-29(11-10-20(22)16-21)19-27(32)31-14-12-30(13-15-31)24-4-2-3-5-24/h6-9,16-17,24H,2-5,10-15,18-19H2,1H3. The van der Waals surface area contributed by atoms with Crippen LogP contribution in [0.1, 0.15) is 36.8 Å². The number of benzene rings is 2. The summed E-state index contributed by atoms with van der Waals surface area (Å²) in [6, 6.07) is 11.7. The quantitative estimate of drug-likeness (QED) is 0.690. The molecular weight excluding hydrogens is 417 g/mol. The molecule has 33 heavy (non-hydrogen) atoms. The molecule has 6 heteroatoms. The molecule has 2 aromatic carbocycles. The second-order valence-corrected chi connectivity index (χ2v) is 9.64. The second-order valence-electron chi connectivity index (χ2n) is 9.64. The Morgan fingerprint density at radius 2 is 1.79 bits per heavy atom. The van der Waals surface area contributed by atoms with Crippen LogP contribution in [0.3, 0.4) is 0 Å². The van der Waals surface area contributed by atoms with Gasteiger partial charge in [0.15, 0.2) is 0 Å². The zero-order valence-electron chi connectivity index (χ0n) is 19.6. The predicted molar refractivity (Wildman–Crippen MR) is 128 cm³/mol. The minimum absolute atomic E-state index is 0.255. The van der Waals surface area contributed by atoms with Gasteiger partial charge in [-0.3, -0.25) is 14.6 Å². The number of fused-ring (bicyclic) bond motifs is 1. The number of amides is 1. The number of methoxy groups -OCH3 is 1. The van der Waals surface area contributed by atoms with E-state index in [0.29, 0.717) is 12.3 Å². The van der Waals surface area contributed by atoms with Gasteiger partial charge in [0.1, 0.15) is 11.6 Å². The van der Waals surface area contributed by atoms with E-state index in [1.165, 1.54) is 48.9 Å². The maximum Gasteiger partial charge on any atom is 0.236 e. The zero-order valence-corrected chi connectivity index (χ0v) is 19.6. The van der Waals surface area contributed by atoms with Crippen LogP contribution in [0.25, 0.3) is 11.1 Å². The molecule has 1 aliphatic carbocycles. The van der Waals surface area contributed by atoms with Crippen molar-refractivity contribution in [2.75, 3.05) is 46.4 Å². The number of piperazine rings is 1. The van der Waals surface area contributed by atoms with Gasteiger partial charge in [0.05, 0.1) is 13.7 Å². The highest BCUT2D eigenvalue weighted by molar-refractivity contribution is 5.78. The average molecular weight is 452 g/mol. The van der Waals surface area contributed by atoms with Crippen LogP contribution in [-0.4, -0.2) is 73.0 Å². The van der Waals surface area contributed by atoms with Gasteiger partial charge in [-0.1, -0.05) is 31.0 Å². The Labute approximate surface area is 196 Å². The van der Waals surface area contributed by atoms with E-state index < -0.39 is 0 Å². The van der Waals surface area contributed by atoms with E-state index >= 15 is 0 Å². The Morgan fingerprint density at radius 1 is 1.00 bits per heavy atom. The molecule has 5 rings (SSSR count). The molecule has 0 radical (unpaired) electrons. The van der Waals surface area contributed by atoms with Gasteiger partial charge in [-0.05, 0) is 54.2 Å². The summed E-state index contributed by atoms with van der Waals surface area (Å²) in [5, 5.41) is 0. The van der Waals surface area contributed by atoms with Crippen LogP contribution in [0.5, 0.6) is 5.75 Å². The van der Waals surface area contributed by atoms with Gasteiger partial charge in [0.2, 0.25) is 5.91 Å². The molecule has 2 fully saturated rings. The first-order chi connectivity index (χ1) is 16.1. The smallest absolute Gasteiger partial charge is 0.236 e. The van der Waals surface area contributed by atoms with Crippen LogP contribution in [0.4, 0.5) is 4.39 Å². The fourth-order valence-electron chi connectivity index (χ4n) is 5.72. The molecule has 2 aliphatic heterocycles. The van der Waals surface area contributed by atoms with E-state index in [4.69, 9.17) is 4.74 Å². The Hall–Kier alpha value is -2.44. The van der Waals surface area contributed by atoms with Gasteiger partial charge >= 0.3 is 0 Å². The topological polar surface area (TPSA) is 36.0 Å². The third-order valence-corrected chi connectivity index (χ3v) is 7.64. The molecule has 176 valence electrons. The van der Waals surface area contributed by atoms with E-state index in [2.05, 4.69) is 26.8 Å². The van der Waals surface area contributed by atoms with Crippen molar-refractivity contribution in [3.05, 3.63) is 53.3 Å². The number of ether oxygens (including phenoxy) is 1. The number of halogens is 1. The van der Waals surface area contributed by atoms with Crippen molar-refractivity contribution in [2.45, 2.75) is 44.7 Å². The summed E-state index contributed by atoms with van der Waals surface area (Å²) in [7, 11) is 1.61. The molecule has 2 heterocycles. The zero-order chi connectivity index (χ0) is 22.8. The van der Waals surface area contributed by atoms with E-state index in [-0.39, 0.29) is 11.7 Å². The van der Waals surface area contributed by atoms with Crippen molar-refractivity contribution in [3.8, 4) is 16.9 Å². The second kappa shape index (κ2) is 9.82. The summed E-state index contributed by atoms with van der Waals surface area (Å²) in [5.74, 6) is 0.662. The summed E-state index contributed by atoms with van der Waals surface area (Å²) in [4.78, 5) is 19.9. The van der Waals surface area contributed by atoms with E-state index in [1.54, 1.807) is 13.2 Å². The first-order valence-corrected chi connectivity index (χ1v) is 12.3. The van der Waals surface area contributed by atoms with Gasteiger partial charge in [-0.25, -0.2) is 4.39 Å². The van der Waals surface area contributed by atoms with Gasteiger partial charge < -0.3 is 9.64 Å². The Bertz CT molecular complexity index is 997. The highest BCUT2D eigenvalue weighted by Gasteiger charge is 2.29. The van der Waals surface area contributed by atoms with Crippen molar-refractivity contribution >= 4 is 5.91 Å². The molecule has 0 aromatic heterocycles. The third kappa shape index (κ3) is 4.92. The maximum absolute atomic E-state index is 13.8. The number of rotatable bonds is 5. The largest absolute Gasteiger partial charge is 0.496 e. The summed E-state index contributed by atoms with van der Waals surface area (Å²) in [6.45, 7) is 5.89. The highest BCUT2D eigenvalue weighted by atomic mass is 19.1. The lowest BCUT2D eigenvalue weighted by atomic mass is 9.94. The van der Waals surface area contributed by atoms with Gasteiger partial charge in [0, 0.05) is 50.9 Å². The lowest BCUT2D eigenvalue weighted by Crippen LogP contribution is -2.53. The first-order valence-electron chi connectivity index (χ1n) is 12.3. The molecule has 0 unspecified atom stereocenters. The molecule has 2 aromatic rings. The Kier molecular flexibility index (Phi) is 6.65. The predicted octanol–water partition coefficient (Wildman–Crippen LogP) is 3.95. The molecule has 0 spiro atoms. The Morgan fingerprint density at radius 3 is 2.55 bits per heavy atom. The Balaban J connectivity index is 1.19. The molecule has 1 amide bonds. The van der Waals surface area contributed by atoms with Crippen molar-refractivity contribution in [3.63, 3.8) is 0 Å². The monoisotopic (exact) mass is 451 g/mol. The number of hydrogen-bond acceptors (Lipinski definition) is 4. The lowest BCUT2D eigenvalue weighted by molar-refractivity contribution is -0.134. The minimum atomic E-state index is -0.266. The van der Waals surface area contributed by atoms with E-state index in [9.17, 15) is 9.18 Å². The van der Waals surface area contributed by atoms with E-state index in [0.717, 1.165) is 62.9 Å².